The lowest BCUT2D eigenvalue weighted by Crippen LogP contribution is -2.39. The summed E-state index contributed by atoms with van der Waals surface area (Å²) in [5.41, 5.74) is 0.262. The van der Waals surface area contributed by atoms with Gasteiger partial charge < -0.3 is 15.1 Å². The van der Waals surface area contributed by atoms with Crippen molar-refractivity contribution in [1.29, 1.82) is 0 Å². The molecule has 0 aliphatic rings. The molecule has 0 atom stereocenters. The predicted molar refractivity (Wildman–Crippen MR) is 78.0 cm³/mol. The van der Waals surface area contributed by atoms with Gasteiger partial charge in [0.15, 0.2) is 0 Å². The van der Waals surface area contributed by atoms with Crippen LogP contribution in [0.5, 0.6) is 0 Å². The van der Waals surface area contributed by atoms with Crippen molar-refractivity contribution in [1.82, 2.24) is 4.90 Å². The Balaban J connectivity index is 3.07. The maximum atomic E-state index is 12.2. The van der Waals surface area contributed by atoms with Crippen LogP contribution in [-0.2, 0) is 9.59 Å². The van der Waals surface area contributed by atoms with Gasteiger partial charge in [-0.15, -0.1) is 0 Å². The summed E-state index contributed by atoms with van der Waals surface area (Å²) in [5.74, 6) is -3.16. The Morgan fingerprint density at radius 1 is 1.16 bits per heavy atom. The van der Waals surface area contributed by atoms with Gasteiger partial charge in [-0.05, 0) is 40.8 Å². The zero-order chi connectivity index (χ0) is 14.6. The summed E-state index contributed by atoms with van der Waals surface area (Å²) in [6.07, 6.45) is 0. The van der Waals surface area contributed by atoms with Gasteiger partial charge in [0.1, 0.15) is 13.1 Å². The fourth-order valence-corrected chi connectivity index (χ4v) is 2.29. The molecule has 1 rings (SSSR count). The molecule has 0 aromatic heterocycles. The third-order valence-corrected chi connectivity index (χ3v) is 3.53. The number of amides is 1. The number of nitrogens with zero attached hydrogens (tertiary/aromatic N) is 1. The molecular formula is C11H9BrINO5. The Bertz CT molecular complexity index is 518. The van der Waals surface area contributed by atoms with Crippen LogP contribution in [-0.4, -0.2) is 46.0 Å². The molecule has 6 nitrogen and oxygen atoms in total. The van der Waals surface area contributed by atoms with Crippen molar-refractivity contribution >= 4 is 56.4 Å². The van der Waals surface area contributed by atoms with E-state index in [2.05, 4.69) is 15.9 Å². The van der Waals surface area contributed by atoms with Crippen LogP contribution in [0.15, 0.2) is 22.7 Å². The Hall–Kier alpha value is -1.16. The minimum Gasteiger partial charge on any atom is -0.480 e. The number of carboxylic acids is 2. The van der Waals surface area contributed by atoms with Gasteiger partial charge in [0.25, 0.3) is 5.91 Å². The molecule has 0 bridgehead atoms. The molecule has 1 amide bonds. The third-order valence-electron chi connectivity index (χ3n) is 2.10. The van der Waals surface area contributed by atoms with Gasteiger partial charge in [-0.3, -0.25) is 14.4 Å². The average molecular weight is 442 g/mol. The van der Waals surface area contributed by atoms with E-state index in [9.17, 15) is 14.4 Å². The van der Waals surface area contributed by atoms with E-state index < -0.39 is 30.9 Å². The monoisotopic (exact) mass is 441 g/mol. The van der Waals surface area contributed by atoms with E-state index >= 15 is 0 Å². The number of hydrogen-bond donors (Lipinski definition) is 2. The molecule has 0 radical (unpaired) electrons. The van der Waals surface area contributed by atoms with Gasteiger partial charge in [-0.25, -0.2) is 0 Å². The topological polar surface area (TPSA) is 94.9 Å². The number of carbonyl (C=O) groups is 3. The molecule has 8 heteroatoms. The summed E-state index contributed by atoms with van der Waals surface area (Å²) in [6, 6.07) is 4.94. The molecular weight excluding hydrogens is 433 g/mol. The van der Waals surface area contributed by atoms with Crippen molar-refractivity contribution in [3.63, 3.8) is 0 Å². The smallest absolute Gasteiger partial charge is 0.323 e. The molecule has 0 saturated heterocycles. The zero-order valence-electron chi connectivity index (χ0n) is 9.47. The lowest BCUT2D eigenvalue weighted by atomic mass is 10.2. The van der Waals surface area contributed by atoms with Crippen molar-refractivity contribution in [2.75, 3.05) is 13.1 Å². The third kappa shape index (κ3) is 4.78. The second kappa shape index (κ2) is 6.85. The van der Waals surface area contributed by atoms with Gasteiger partial charge in [-0.1, -0.05) is 15.9 Å². The highest BCUT2D eigenvalue weighted by molar-refractivity contribution is 14.1. The molecule has 2 N–H and O–H groups in total. The number of halogens is 2. The number of carboxylic acid groups (broad SMARTS) is 2. The highest BCUT2D eigenvalue weighted by Gasteiger charge is 2.22. The standard InChI is InChI=1S/C11H9BrINO5/c12-6-1-2-8(13)7(3-6)11(19)14(4-9(15)16)5-10(17)18/h1-3H,4-5H2,(H,15,16)(H,17,18). The predicted octanol–water partition coefficient (Wildman–Crippen LogP) is 1.67. The molecule has 0 saturated carbocycles. The minimum atomic E-state index is -1.26. The Morgan fingerprint density at radius 2 is 1.68 bits per heavy atom. The second-order valence-electron chi connectivity index (χ2n) is 3.57. The van der Waals surface area contributed by atoms with Gasteiger partial charge >= 0.3 is 11.9 Å². The van der Waals surface area contributed by atoms with E-state index in [0.29, 0.717) is 8.04 Å². The van der Waals surface area contributed by atoms with Crippen LogP contribution in [0, 0.1) is 3.57 Å². The average Bonchev–Trinajstić information content (AvgIpc) is 2.29. The van der Waals surface area contributed by atoms with Crippen molar-refractivity contribution in [2.24, 2.45) is 0 Å². The molecule has 19 heavy (non-hydrogen) atoms. The summed E-state index contributed by atoms with van der Waals surface area (Å²) in [4.78, 5) is 34.3. The molecule has 0 heterocycles. The van der Waals surface area contributed by atoms with Crippen molar-refractivity contribution in [3.05, 3.63) is 31.8 Å². The molecule has 0 aliphatic heterocycles. The number of hydrogen-bond acceptors (Lipinski definition) is 3. The summed E-state index contributed by atoms with van der Waals surface area (Å²) in [6.45, 7) is -1.32. The van der Waals surface area contributed by atoms with Crippen molar-refractivity contribution < 1.29 is 24.6 Å². The molecule has 102 valence electrons. The van der Waals surface area contributed by atoms with E-state index in [4.69, 9.17) is 10.2 Å². The van der Waals surface area contributed by atoms with Crippen LogP contribution in [0.3, 0.4) is 0 Å². The molecule has 0 fully saturated rings. The first-order valence-electron chi connectivity index (χ1n) is 4.99. The fourth-order valence-electron chi connectivity index (χ4n) is 1.36. The first-order chi connectivity index (χ1) is 8.81. The van der Waals surface area contributed by atoms with Gasteiger partial charge in [0, 0.05) is 8.04 Å². The van der Waals surface area contributed by atoms with Gasteiger partial charge in [0.2, 0.25) is 0 Å². The van der Waals surface area contributed by atoms with Gasteiger partial charge in [-0.2, -0.15) is 0 Å². The van der Waals surface area contributed by atoms with Crippen LogP contribution in [0.2, 0.25) is 0 Å². The van der Waals surface area contributed by atoms with Crippen LogP contribution in [0.1, 0.15) is 10.4 Å². The van der Waals surface area contributed by atoms with Crippen molar-refractivity contribution in [3.8, 4) is 0 Å². The van der Waals surface area contributed by atoms with Crippen LogP contribution < -0.4 is 0 Å². The Labute approximate surface area is 130 Å². The molecule has 1 aromatic carbocycles. The van der Waals surface area contributed by atoms with E-state index in [1.54, 1.807) is 12.1 Å². The number of benzene rings is 1. The molecule has 0 spiro atoms. The fraction of sp³-hybridized carbons (Fsp3) is 0.182. The zero-order valence-corrected chi connectivity index (χ0v) is 13.2. The largest absolute Gasteiger partial charge is 0.480 e. The van der Waals surface area contributed by atoms with E-state index in [0.717, 1.165) is 4.90 Å². The summed E-state index contributed by atoms with van der Waals surface area (Å²) in [5, 5.41) is 17.4. The van der Waals surface area contributed by atoms with Crippen LogP contribution >= 0.6 is 38.5 Å². The summed E-state index contributed by atoms with van der Waals surface area (Å²) >= 11 is 5.14. The summed E-state index contributed by atoms with van der Waals surface area (Å²) in [7, 11) is 0. The van der Waals surface area contributed by atoms with E-state index in [1.807, 2.05) is 22.6 Å². The normalized spacial score (nSPS) is 10.0. The van der Waals surface area contributed by atoms with Gasteiger partial charge in [0.05, 0.1) is 5.56 Å². The maximum absolute atomic E-state index is 12.2. The number of carbonyl (C=O) groups excluding carboxylic acids is 1. The van der Waals surface area contributed by atoms with Crippen LogP contribution in [0.4, 0.5) is 0 Å². The van der Waals surface area contributed by atoms with Crippen LogP contribution in [0.25, 0.3) is 0 Å². The molecule has 1 aromatic rings. The number of aliphatic carboxylic acids is 2. The second-order valence-corrected chi connectivity index (χ2v) is 5.65. The van der Waals surface area contributed by atoms with E-state index in [-0.39, 0.29) is 5.56 Å². The first kappa shape index (κ1) is 15.9. The lowest BCUT2D eigenvalue weighted by molar-refractivity contribution is -0.140. The maximum Gasteiger partial charge on any atom is 0.323 e. The lowest BCUT2D eigenvalue weighted by Gasteiger charge is -2.19. The highest BCUT2D eigenvalue weighted by Crippen LogP contribution is 2.20. The quantitative estimate of drug-likeness (QED) is 0.677. The SMILES string of the molecule is O=C(O)CN(CC(=O)O)C(=O)c1cc(Br)ccc1I. The molecule has 0 aliphatic carbocycles. The molecule has 0 unspecified atom stereocenters. The van der Waals surface area contributed by atoms with E-state index in [1.165, 1.54) is 6.07 Å². The Morgan fingerprint density at radius 3 is 2.16 bits per heavy atom. The Kier molecular flexibility index (Phi) is 5.73. The number of rotatable bonds is 5. The first-order valence-corrected chi connectivity index (χ1v) is 6.86. The summed E-state index contributed by atoms with van der Waals surface area (Å²) < 4.78 is 1.27. The highest BCUT2D eigenvalue weighted by atomic mass is 127. The minimum absolute atomic E-state index is 0.262. The van der Waals surface area contributed by atoms with Crippen molar-refractivity contribution in [2.45, 2.75) is 0 Å².